The third-order valence-electron chi connectivity index (χ3n) is 2.08. The lowest BCUT2D eigenvalue weighted by Gasteiger charge is -2.00. The zero-order chi connectivity index (χ0) is 9.26. The largest absolute Gasteiger partial charge is 0.256 e. The van der Waals surface area contributed by atoms with Crippen LogP contribution in [0.2, 0.25) is 0 Å². The Morgan fingerprint density at radius 2 is 2.08 bits per heavy atom. The summed E-state index contributed by atoms with van der Waals surface area (Å²) in [7, 11) is 0. The van der Waals surface area contributed by atoms with Crippen LogP contribution in [-0.4, -0.2) is 4.98 Å². The molecule has 0 amide bonds. The molecule has 1 aromatic heterocycles. The third-order valence-corrected chi connectivity index (χ3v) is 2.08. The van der Waals surface area contributed by atoms with Gasteiger partial charge in [-0.25, -0.2) is 0 Å². The fourth-order valence-corrected chi connectivity index (χ4v) is 1.30. The number of benzene rings is 1. The average molecular weight is 169 g/mol. The van der Waals surface area contributed by atoms with Crippen molar-refractivity contribution >= 4 is 16.5 Å². The fraction of sp³-hybridized carbons (Fsp3) is 0.0833. The number of hydrogen-bond donors (Lipinski definition) is 0. The standard InChI is InChI=1S/C12H11N/c1-9(2)11-7-10-5-3-4-6-12(10)13-8-11/h3-8H,1H2,2H3. The highest BCUT2D eigenvalue weighted by Gasteiger charge is 1.96. The maximum absolute atomic E-state index is 4.34. The number of fused-ring (bicyclic) bond motifs is 1. The molecule has 0 radical (unpaired) electrons. The topological polar surface area (TPSA) is 12.9 Å². The minimum Gasteiger partial charge on any atom is -0.256 e. The molecule has 13 heavy (non-hydrogen) atoms. The number of nitrogens with zero attached hydrogens (tertiary/aromatic N) is 1. The number of para-hydroxylation sites is 1. The van der Waals surface area contributed by atoms with E-state index in [4.69, 9.17) is 0 Å². The summed E-state index contributed by atoms with van der Waals surface area (Å²) in [4.78, 5) is 4.34. The van der Waals surface area contributed by atoms with Gasteiger partial charge in [-0.3, -0.25) is 4.98 Å². The molecule has 0 bridgehead atoms. The van der Waals surface area contributed by atoms with Crippen LogP contribution in [0.25, 0.3) is 16.5 Å². The quantitative estimate of drug-likeness (QED) is 0.638. The summed E-state index contributed by atoms with van der Waals surface area (Å²) in [5, 5.41) is 1.17. The Kier molecular flexibility index (Phi) is 1.85. The molecule has 0 N–H and O–H groups in total. The van der Waals surface area contributed by atoms with Crippen LogP contribution in [0, 0.1) is 0 Å². The molecule has 0 unspecified atom stereocenters. The number of rotatable bonds is 1. The molecule has 64 valence electrons. The molecule has 0 atom stereocenters. The highest BCUT2D eigenvalue weighted by Crippen LogP contribution is 2.16. The zero-order valence-electron chi connectivity index (χ0n) is 7.62. The van der Waals surface area contributed by atoms with E-state index >= 15 is 0 Å². The van der Waals surface area contributed by atoms with Crippen LogP contribution in [-0.2, 0) is 0 Å². The van der Waals surface area contributed by atoms with Crippen LogP contribution in [0.4, 0.5) is 0 Å². The Hall–Kier alpha value is -1.63. The molecule has 0 aliphatic heterocycles. The molecule has 1 nitrogen and oxygen atoms in total. The molecule has 0 fully saturated rings. The van der Waals surface area contributed by atoms with E-state index in [0.717, 1.165) is 16.7 Å². The Bertz CT molecular complexity index is 457. The first kappa shape index (κ1) is 7.99. The lowest BCUT2D eigenvalue weighted by Crippen LogP contribution is -1.82. The highest BCUT2D eigenvalue weighted by molar-refractivity contribution is 5.81. The number of hydrogen-bond acceptors (Lipinski definition) is 1. The monoisotopic (exact) mass is 169 g/mol. The van der Waals surface area contributed by atoms with Crippen LogP contribution < -0.4 is 0 Å². The van der Waals surface area contributed by atoms with Crippen molar-refractivity contribution in [2.75, 3.05) is 0 Å². The van der Waals surface area contributed by atoms with Crippen molar-refractivity contribution in [2.45, 2.75) is 6.92 Å². The SMILES string of the molecule is C=C(C)c1cnc2ccccc2c1. The Morgan fingerprint density at radius 1 is 1.31 bits per heavy atom. The first-order chi connectivity index (χ1) is 6.27. The van der Waals surface area contributed by atoms with Gasteiger partial charge in [0.25, 0.3) is 0 Å². The second kappa shape index (κ2) is 3.02. The van der Waals surface area contributed by atoms with E-state index in [9.17, 15) is 0 Å². The molecule has 0 saturated heterocycles. The molecule has 0 saturated carbocycles. The minimum atomic E-state index is 1.03. The molecule has 2 aromatic rings. The first-order valence-electron chi connectivity index (χ1n) is 4.28. The number of aromatic nitrogens is 1. The molecular weight excluding hydrogens is 158 g/mol. The Balaban J connectivity index is 2.69. The van der Waals surface area contributed by atoms with Gasteiger partial charge in [0.2, 0.25) is 0 Å². The van der Waals surface area contributed by atoms with Gasteiger partial charge in [0.05, 0.1) is 5.52 Å². The van der Waals surface area contributed by atoms with Crippen LogP contribution in [0.15, 0.2) is 43.1 Å². The molecular formula is C12H11N. The predicted octanol–water partition coefficient (Wildman–Crippen LogP) is 3.27. The van der Waals surface area contributed by atoms with Gasteiger partial charge in [-0.15, -0.1) is 0 Å². The zero-order valence-corrected chi connectivity index (χ0v) is 7.62. The van der Waals surface area contributed by atoms with Gasteiger partial charge in [-0.1, -0.05) is 24.8 Å². The van der Waals surface area contributed by atoms with Crippen molar-refractivity contribution in [1.82, 2.24) is 4.98 Å². The molecule has 1 heterocycles. The molecule has 0 aliphatic rings. The van der Waals surface area contributed by atoms with Crippen molar-refractivity contribution in [2.24, 2.45) is 0 Å². The van der Waals surface area contributed by atoms with Crippen LogP contribution >= 0.6 is 0 Å². The van der Waals surface area contributed by atoms with E-state index in [1.807, 2.05) is 31.3 Å². The lowest BCUT2D eigenvalue weighted by molar-refractivity contribution is 1.38. The third kappa shape index (κ3) is 1.45. The van der Waals surface area contributed by atoms with Crippen LogP contribution in [0.3, 0.4) is 0 Å². The summed E-state index contributed by atoms with van der Waals surface area (Å²) < 4.78 is 0. The van der Waals surface area contributed by atoms with E-state index in [0.29, 0.717) is 0 Å². The molecule has 0 aliphatic carbocycles. The molecule has 2 rings (SSSR count). The number of pyridine rings is 1. The summed E-state index contributed by atoms with van der Waals surface area (Å²) in [5.41, 5.74) is 3.20. The number of allylic oxidation sites excluding steroid dienone is 1. The van der Waals surface area contributed by atoms with Gasteiger partial charge in [-0.2, -0.15) is 0 Å². The lowest BCUT2D eigenvalue weighted by atomic mass is 10.1. The Morgan fingerprint density at radius 3 is 2.85 bits per heavy atom. The maximum Gasteiger partial charge on any atom is 0.0702 e. The van der Waals surface area contributed by atoms with Gasteiger partial charge < -0.3 is 0 Å². The van der Waals surface area contributed by atoms with Gasteiger partial charge in [0, 0.05) is 11.6 Å². The van der Waals surface area contributed by atoms with Crippen molar-refractivity contribution in [3.8, 4) is 0 Å². The summed E-state index contributed by atoms with van der Waals surface area (Å²) in [5.74, 6) is 0. The highest BCUT2D eigenvalue weighted by atomic mass is 14.6. The minimum absolute atomic E-state index is 1.03. The average Bonchev–Trinajstić information content (AvgIpc) is 2.17. The smallest absolute Gasteiger partial charge is 0.0702 e. The molecule has 1 heteroatoms. The van der Waals surface area contributed by atoms with Gasteiger partial charge in [-0.05, 0) is 30.2 Å². The van der Waals surface area contributed by atoms with Crippen LogP contribution in [0.5, 0.6) is 0 Å². The van der Waals surface area contributed by atoms with Crippen LogP contribution in [0.1, 0.15) is 12.5 Å². The predicted molar refractivity (Wildman–Crippen MR) is 56.5 cm³/mol. The van der Waals surface area contributed by atoms with E-state index < -0.39 is 0 Å². The second-order valence-corrected chi connectivity index (χ2v) is 3.20. The summed E-state index contributed by atoms with van der Waals surface area (Å²) in [6, 6.07) is 10.2. The maximum atomic E-state index is 4.34. The van der Waals surface area contributed by atoms with Gasteiger partial charge in [0.1, 0.15) is 0 Å². The molecule has 1 aromatic carbocycles. The van der Waals surface area contributed by atoms with E-state index in [2.05, 4.69) is 23.7 Å². The van der Waals surface area contributed by atoms with Crippen molar-refractivity contribution < 1.29 is 0 Å². The summed E-state index contributed by atoms with van der Waals surface area (Å²) in [6.07, 6.45) is 1.87. The fourth-order valence-electron chi connectivity index (χ4n) is 1.30. The summed E-state index contributed by atoms with van der Waals surface area (Å²) in [6.45, 7) is 5.88. The van der Waals surface area contributed by atoms with Crippen molar-refractivity contribution in [3.05, 3.63) is 48.7 Å². The normalized spacial score (nSPS) is 10.2. The van der Waals surface area contributed by atoms with Gasteiger partial charge >= 0.3 is 0 Å². The second-order valence-electron chi connectivity index (χ2n) is 3.20. The van der Waals surface area contributed by atoms with Crippen molar-refractivity contribution in [3.63, 3.8) is 0 Å². The van der Waals surface area contributed by atoms with E-state index in [1.165, 1.54) is 5.39 Å². The first-order valence-corrected chi connectivity index (χ1v) is 4.28. The van der Waals surface area contributed by atoms with E-state index in [1.54, 1.807) is 0 Å². The van der Waals surface area contributed by atoms with Gasteiger partial charge in [0.15, 0.2) is 0 Å². The Labute approximate surface area is 77.7 Å². The molecule has 0 spiro atoms. The summed E-state index contributed by atoms with van der Waals surface area (Å²) >= 11 is 0. The van der Waals surface area contributed by atoms with E-state index in [-0.39, 0.29) is 0 Å². The van der Waals surface area contributed by atoms with Crippen molar-refractivity contribution in [1.29, 1.82) is 0 Å².